The maximum Gasteiger partial charge on any atom is 0.270 e. The van der Waals surface area contributed by atoms with E-state index < -0.39 is 5.60 Å². The molecule has 2 aromatic rings. The number of hydrogen-bond donors (Lipinski definition) is 1. The summed E-state index contributed by atoms with van der Waals surface area (Å²) < 4.78 is 7.13. The molecule has 0 radical (unpaired) electrons. The Hall–Kier alpha value is -2.29. The van der Waals surface area contributed by atoms with Gasteiger partial charge in [0.1, 0.15) is 17.0 Å². The Bertz CT molecular complexity index is 961. The average Bonchev–Trinajstić information content (AvgIpc) is 3.08. The van der Waals surface area contributed by atoms with Crippen LogP contribution in [0.5, 0.6) is 0 Å². The molecule has 0 spiro atoms. The van der Waals surface area contributed by atoms with Crippen LogP contribution >= 0.6 is 11.6 Å². The molecule has 1 heterocycles. The van der Waals surface area contributed by atoms with Gasteiger partial charge < -0.3 is 14.6 Å². The lowest BCUT2D eigenvalue weighted by molar-refractivity contribution is 0.0741. The number of imidazole rings is 1. The first kappa shape index (κ1) is 23.4. The predicted octanol–water partition coefficient (Wildman–Crippen LogP) is 4.98. The predicted molar refractivity (Wildman–Crippen MR) is 124 cm³/mol. The molecule has 1 aliphatic rings. The third kappa shape index (κ3) is 6.35. The zero-order chi connectivity index (χ0) is 22.4. The van der Waals surface area contributed by atoms with E-state index in [1.54, 1.807) is 11.7 Å². The molecule has 166 valence electrons. The Morgan fingerprint density at radius 2 is 1.94 bits per heavy atom. The van der Waals surface area contributed by atoms with Crippen molar-refractivity contribution in [3.63, 3.8) is 0 Å². The van der Waals surface area contributed by atoms with Gasteiger partial charge in [-0.15, -0.1) is 0 Å². The summed E-state index contributed by atoms with van der Waals surface area (Å²) in [6, 6.07) is 8.17. The molecule has 1 saturated carbocycles. The first-order valence-corrected chi connectivity index (χ1v) is 11.3. The molecule has 1 aromatic heterocycles. The quantitative estimate of drug-likeness (QED) is 0.643. The number of amides is 1. The molecule has 31 heavy (non-hydrogen) atoms. The van der Waals surface area contributed by atoms with Gasteiger partial charge in [0.15, 0.2) is 0 Å². The fourth-order valence-electron chi connectivity index (χ4n) is 3.74. The van der Waals surface area contributed by atoms with Crippen LogP contribution in [-0.2, 0) is 11.3 Å². The molecule has 1 amide bonds. The molecule has 5 nitrogen and oxygen atoms in total. The molecule has 0 bridgehead atoms. The van der Waals surface area contributed by atoms with Crippen molar-refractivity contribution in [2.75, 3.05) is 13.7 Å². The molecule has 0 unspecified atom stereocenters. The van der Waals surface area contributed by atoms with Crippen molar-refractivity contribution < 1.29 is 9.53 Å². The number of halogens is 1. The second kappa shape index (κ2) is 10.3. The van der Waals surface area contributed by atoms with E-state index in [9.17, 15) is 4.79 Å². The number of hydrogen-bond acceptors (Lipinski definition) is 3. The Labute approximate surface area is 190 Å². The van der Waals surface area contributed by atoms with Crippen LogP contribution in [0.25, 0.3) is 0 Å². The number of benzene rings is 1. The first-order valence-electron chi connectivity index (χ1n) is 11.0. The number of nitrogens with zero attached hydrogens (tertiary/aromatic N) is 2. The van der Waals surface area contributed by atoms with Gasteiger partial charge in [0.2, 0.25) is 5.28 Å². The van der Waals surface area contributed by atoms with Crippen LogP contribution in [0.15, 0.2) is 24.3 Å². The van der Waals surface area contributed by atoms with Gasteiger partial charge in [0.25, 0.3) is 5.91 Å². The zero-order valence-corrected chi connectivity index (χ0v) is 19.7. The van der Waals surface area contributed by atoms with Crippen LogP contribution in [0.1, 0.15) is 73.3 Å². The molecule has 1 aliphatic carbocycles. The van der Waals surface area contributed by atoms with Crippen molar-refractivity contribution >= 4 is 17.5 Å². The Kier molecular flexibility index (Phi) is 7.80. The topological polar surface area (TPSA) is 56.2 Å². The molecule has 1 aromatic carbocycles. The molecular formula is C25H32ClN3O2. The Morgan fingerprint density at radius 1 is 1.26 bits per heavy atom. The van der Waals surface area contributed by atoms with E-state index in [4.69, 9.17) is 16.3 Å². The number of ether oxygens (including phenoxy) is 1. The van der Waals surface area contributed by atoms with E-state index in [1.807, 2.05) is 45.0 Å². The molecule has 0 aliphatic heterocycles. The van der Waals surface area contributed by atoms with Gasteiger partial charge in [-0.2, -0.15) is 0 Å². The second-order valence-corrected chi connectivity index (χ2v) is 9.17. The maximum absolute atomic E-state index is 13.3. The number of nitrogens with one attached hydrogen (secondary N) is 1. The summed E-state index contributed by atoms with van der Waals surface area (Å²) in [7, 11) is 1.61. The van der Waals surface area contributed by atoms with Crippen LogP contribution in [0.3, 0.4) is 0 Å². The van der Waals surface area contributed by atoms with Crippen LogP contribution in [0.2, 0.25) is 5.28 Å². The van der Waals surface area contributed by atoms with Crippen LogP contribution in [-0.4, -0.2) is 34.7 Å². The summed E-state index contributed by atoms with van der Waals surface area (Å²) in [5.41, 5.74) is 2.36. The van der Waals surface area contributed by atoms with Gasteiger partial charge in [0, 0.05) is 13.7 Å². The number of methoxy groups -OCH3 is 1. The van der Waals surface area contributed by atoms with Crippen molar-refractivity contribution in [1.82, 2.24) is 14.9 Å². The highest BCUT2D eigenvalue weighted by Crippen LogP contribution is 2.24. The van der Waals surface area contributed by atoms with Gasteiger partial charge in [-0.1, -0.05) is 55.0 Å². The molecule has 1 fully saturated rings. The summed E-state index contributed by atoms with van der Waals surface area (Å²) >= 11 is 6.48. The highest BCUT2D eigenvalue weighted by Gasteiger charge is 2.24. The highest BCUT2D eigenvalue weighted by molar-refractivity contribution is 6.29. The van der Waals surface area contributed by atoms with Crippen molar-refractivity contribution in [1.29, 1.82) is 0 Å². The lowest BCUT2D eigenvalue weighted by atomic mass is 9.89. The first-order chi connectivity index (χ1) is 14.8. The van der Waals surface area contributed by atoms with E-state index in [0.717, 1.165) is 5.56 Å². The van der Waals surface area contributed by atoms with Gasteiger partial charge >= 0.3 is 0 Å². The van der Waals surface area contributed by atoms with Gasteiger partial charge in [-0.25, -0.2) is 4.98 Å². The third-order valence-corrected chi connectivity index (χ3v) is 6.15. The fraction of sp³-hybridized carbons (Fsp3) is 0.520. The SMILES string of the molecule is COC(C)(C)C#Cc1nc(Cl)n(Cc2ccc(C)cc2)c1C(=O)NCC1CCCCC1. The van der Waals surface area contributed by atoms with Gasteiger partial charge in [-0.3, -0.25) is 4.79 Å². The maximum atomic E-state index is 13.3. The summed E-state index contributed by atoms with van der Waals surface area (Å²) in [5, 5.41) is 3.36. The summed E-state index contributed by atoms with van der Waals surface area (Å²) in [4.78, 5) is 17.7. The number of carbonyl (C=O) groups excluding carboxylic acids is 1. The second-order valence-electron chi connectivity index (χ2n) is 8.83. The monoisotopic (exact) mass is 441 g/mol. The standard InChI is InChI=1S/C25H32ClN3O2/c1-18-10-12-20(13-11-18)17-29-22(23(30)27-16-19-8-6-5-7-9-19)21(28-24(29)26)14-15-25(2,3)31-4/h10-13,19H,5-9,16-17H2,1-4H3,(H,27,30). The van der Waals surface area contributed by atoms with E-state index in [0.29, 0.717) is 30.4 Å². The normalized spacial score (nSPS) is 14.7. The molecule has 0 saturated heterocycles. The van der Waals surface area contributed by atoms with Crippen molar-refractivity contribution in [2.24, 2.45) is 5.92 Å². The number of carbonyl (C=O) groups is 1. The molecule has 0 atom stereocenters. The third-order valence-electron chi connectivity index (χ3n) is 5.87. The molecule has 3 rings (SSSR count). The minimum Gasteiger partial charge on any atom is -0.366 e. The average molecular weight is 442 g/mol. The minimum absolute atomic E-state index is 0.184. The lowest BCUT2D eigenvalue weighted by Crippen LogP contribution is -2.32. The smallest absolute Gasteiger partial charge is 0.270 e. The van der Waals surface area contributed by atoms with Gasteiger partial charge in [-0.05, 0) is 62.6 Å². The highest BCUT2D eigenvalue weighted by atomic mass is 35.5. The van der Waals surface area contributed by atoms with Crippen molar-refractivity contribution in [2.45, 2.75) is 65.0 Å². The largest absolute Gasteiger partial charge is 0.366 e. The lowest BCUT2D eigenvalue weighted by Gasteiger charge is -2.22. The number of aromatic nitrogens is 2. The number of aryl methyl sites for hydroxylation is 1. The molecular weight excluding hydrogens is 410 g/mol. The van der Waals surface area contributed by atoms with Crippen LogP contribution in [0.4, 0.5) is 0 Å². The Balaban J connectivity index is 1.91. The number of rotatable bonds is 6. The van der Waals surface area contributed by atoms with Crippen LogP contribution < -0.4 is 5.32 Å². The Morgan fingerprint density at radius 3 is 2.58 bits per heavy atom. The molecule has 1 N–H and O–H groups in total. The molecule has 6 heteroatoms. The minimum atomic E-state index is -0.650. The van der Waals surface area contributed by atoms with Gasteiger partial charge in [0.05, 0.1) is 6.54 Å². The summed E-state index contributed by atoms with van der Waals surface area (Å²) in [5.74, 6) is 6.43. The van der Waals surface area contributed by atoms with Crippen LogP contribution in [0, 0.1) is 24.7 Å². The van der Waals surface area contributed by atoms with E-state index in [-0.39, 0.29) is 11.2 Å². The summed E-state index contributed by atoms with van der Waals surface area (Å²) in [6.07, 6.45) is 6.09. The zero-order valence-electron chi connectivity index (χ0n) is 18.9. The van der Waals surface area contributed by atoms with Crippen molar-refractivity contribution in [3.05, 3.63) is 52.1 Å². The summed E-state index contributed by atoms with van der Waals surface area (Å²) in [6.45, 7) is 6.90. The fourth-order valence-corrected chi connectivity index (χ4v) is 3.96. The van der Waals surface area contributed by atoms with E-state index in [2.05, 4.69) is 22.1 Å². The van der Waals surface area contributed by atoms with E-state index in [1.165, 1.54) is 37.7 Å². The van der Waals surface area contributed by atoms with E-state index >= 15 is 0 Å². The van der Waals surface area contributed by atoms with Crippen molar-refractivity contribution in [3.8, 4) is 11.8 Å².